The molecule has 76 valence electrons. The van der Waals surface area contributed by atoms with Gasteiger partial charge in [0.05, 0.1) is 11.7 Å². The van der Waals surface area contributed by atoms with Crippen LogP contribution in [0.5, 0.6) is 0 Å². The molecule has 1 saturated carbocycles. The first kappa shape index (κ1) is 9.66. The van der Waals surface area contributed by atoms with Gasteiger partial charge in [0.2, 0.25) is 0 Å². The summed E-state index contributed by atoms with van der Waals surface area (Å²) in [6.45, 7) is 5.24. The van der Waals surface area contributed by atoms with Crippen molar-refractivity contribution in [2.45, 2.75) is 32.7 Å². The van der Waals surface area contributed by atoms with Gasteiger partial charge in [0.15, 0.2) is 0 Å². The predicted octanol–water partition coefficient (Wildman–Crippen LogP) is 2.45. The summed E-state index contributed by atoms with van der Waals surface area (Å²) < 4.78 is 0. The summed E-state index contributed by atoms with van der Waals surface area (Å²) in [5.41, 5.74) is 2.33. The molecule has 0 aromatic carbocycles. The molecule has 1 N–H and O–H groups in total. The fraction of sp³-hybridized carbons (Fsp3) is 0.583. The minimum Gasteiger partial charge on any atom is -0.309 e. The number of rotatable bonds is 4. The van der Waals surface area contributed by atoms with Crippen molar-refractivity contribution in [1.29, 1.82) is 0 Å². The van der Waals surface area contributed by atoms with E-state index in [1.165, 1.54) is 18.5 Å². The van der Waals surface area contributed by atoms with Gasteiger partial charge in [-0.2, -0.15) is 0 Å². The van der Waals surface area contributed by atoms with Crippen molar-refractivity contribution in [1.82, 2.24) is 10.3 Å². The van der Waals surface area contributed by atoms with Gasteiger partial charge < -0.3 is 5.32 Å². The van der Waals surface area contributed by atoms with Crippen molar-refractivity contribution in [2.24, 2.45) is 5.92 Å². The maximum absolute atomic E-state index is 4.59. The van der Waals surface area contributed by atoms with Gasteiger partial charge in [0.25, 0.3) is 0 Å². The maximum atomic E-state index is 4.59. The summed E-state index contributed by atoms with van der Waals surface area (Å²) in [7, 11) is 0. The highest BCUT2D eigenvalue weighted by molar-refractivity contribution is 5.15. The second-order valence-corrected chi connectivity index (χ2v) is 4.08. The van der Waals surface area contributed by atoms with Crippen LogP contribution in [0, 0.1) is 12.8 Å². The molecule has 2 nitrogen and oxygen atoms in total. The molecule has 0 saturated heterocycles. The van der Waals surface area contributed by atoms with Gasteiger partial charge in [0.1, 0.15) is 0 Å². The lowest BCUT2D eigenvalue weighted by molar-refractivity contribution is 0.484. The van der Waals surface area contributed by atoms with E-state index in [0.717, 1.165) is 18.2 Å². The van der Waals surface area contributed by atoms with Crippen LogP contribution >= 0.6 is 0 Å². The lowest BCUT2D eigenvalue weighted by Gasteiger charge is -2.16. The molecule has 0 aliphatic heterocycles. The molecule has 0 amide bonds. The first-order chi connectivity index (χ1) is 6.81. The highest BCUT2D eigenvalue weighted by Crippen LogP contribution is 2.40. The molecule has 1 aromatic heterocycles. The van der Waals surface area contributed by atoms with E-state index in [2.05, 4.69) is 42.3 Å². The maximum Gasteiger partial charge on any atom is 0.0579 e. The van der Waals surface area contributed by atoms with Crippen LogP contribution in [0.15, 0.2) is 18.2 Å². The van der Waals surface area contributed by atoms with Crippen LogP contribution < -0.4 is 5.32 Å². The van der Waals surface area contributed by atoms with Crippen molar-refractivity contribution in [3.05, 3.63) is 29.6 Å². The summed E-state index contributed by atoms with van der Waals surface area (Å²) in [5.74, 6) is 0.823. The Morgan fingerprint density at radius 2 is 2.29 bits per heavy atom. The van der Waals surface area contributed by atoms with Crippen molar-refractivity contribution in [3.63, 3.8) is 0 Å². The van der Waals surface area contributed by atoms with Gasteiger partial charge >= 0.3 is 0 Å². The number of hydrogen-bond acceptors (Lipinski definition) is 2. The Balaban J connectivity index is 2.16. The lowest BCUT2D eigenvalue weighted by Crippen LogP contribution is -2.23. The van der Waals surface area contributed by atoms with Crippen molar-refractivity contribution in [3.8, 4) is 0 Å². The molecule has 2 heteroatoms. The lowest BCUT2D eigenvalue weighted by atomic mass is 10.1. The number of pyridine rings is 1. The molecule has 0 bridgehead atoms. The Labute approximate surface area is 85.7 Å². The molecule has 0 radical (unpaired) electrons. The molecule has 1 aromatic rings. The summed E-state index contributed by atoms with van der Waals surface area (Å²) >= 11 is 0. The van der Waals surface area contributed by atoms with Crippen LogP contribution in [0.4, 0.5) is 0 Å². The van der Waals surface area contributed by atoms with Gasteiger partial charge in [-0.05, 0) is 44.4 Å². The highest BCUT2D eigenvalue weighted by Gasteiger charge is 2.32. The molecule has 14 heavy (non-hydrogen) atoms. The third-order valence-corrected chi connectivity index (χ3v) is 2.75. The Morgan fingerprint density at radius 3 is 2.86 bits per heavy atom. The van der Waals surface area contributed by atoms with Gasteiger partial charge in [-0.3, -0.25) is 4.98 Å². The fourth-order valence-corrected chi connectivity index (χ4v) is 1.90. The van der Waals surface area contributed by atoms with Crippen LogP contribution in [0.3, 0.4) is 0 Å². The van der Waals surface area contributed by atoms with E-state index in [1.54, 1.807) is 0 Å². The van der Waals surface area contributed by atoms with Gasteiger partial charge in [-0.1, -0.05) is 13.0 Å². The van der Waals surface area contributed by atoms with E-state index < -0.39 is 0 Å². The average Bonchev–Trinajstić information content (AvgIpc) is 2.97. The van der Waals surface area contributed by atoms with E-state index >= 15 is 0 Å². The van der Waals surface area contributed by atoms with Crippen LogP contribution in [-0.4, -0.2) is 11.5 Å². The first-order valence-corrected chi connectivity index (χ1v) is 5.48. The Bertz CT molecular complexity index is 305. The van der Waals surface area contributed by atoms with Gasteiger partial charge in [-0.15, -0.1) is 0 Å². The highest BCUT2D eigenvalue weighted by atomic mass is 15.0. The molecule has 2 rings (SSSR count). The molecule has 1 unspecified atom stereocenters. The van der Waals surface area contributed by atoms with Crippen LogP contribution in [0.2, 0.25) is 0 Å². The predicted molar refractivity (Wildman–Crippen MR) is 58.1 cm³/mol. The van der Waals surface area contributed by atoms with Gasteiger partial charge in [0, 0.05) is 5.69 Å². The number of hydrogen-bond donors (Lipinski definition) is 1. The fourth-order valence-electron chi connectivity index (χ4n) is 1.90. The summed E-state index contributed by atoms with van der Waals surface area (Å²) in [6, 6.07) is 6.78. The molecular formula is C12H18N2. The van der Waals surface area contributed by atoms with E-state index in [0.29, 0.717) is 6.04 Å². The normalized spacial score (nSPS) is 18.1. The van der Waals surface area contributed by atoms with E-state index in [-0.39, 0.29) is 0 Å². The third-order valence-electron chi connectivity index (χ3n) is 2.75. The largest absolute Gasteiger partial charge is 0.309 e. The summed E-state index contributed by atoms with van der Waals surface area (Å²) in [6.07, 6.45) is 2.71. The van der Waals surface area contributed by atoms with E-state index in [1.807, 2.05) is 0 Å². The minimum absolute atomic E-state index is 0.486. The smallest absolute Gasteiger partial charge is 0.0579 e. The summed E-state index contributed by atoms with van der Waals surface area (Å²) in [5, 5.41) is 3.53. The number of nitrogens with one attached hydrogen (secondary N) is 1. The third kappa shape index (κ3) is 2.13. The quantitative estimate of drug-likeness (QED) is 0.789. The van der Waals surface area contributed by atoms with Crippen LogP contribution in [0.1, 0.15) is 37.2 Å². The second kappa shape index (κ2) is 4.09. The number of nitrogens with zero attached hydrogens (tertiary/aromatic N) is 1. The standard InChI is InChI=1S/C12H18N2/c1-3-13-12(10-7-8-10)11-6-4-5-9(2)14-11/h4-6,10,12-13H,3,7-8H2,1-2H3. The van der Waals surface area contributed by atoms with E-state index in [4.69, 9.17) is 0 Å². The van der Waals surface area contributed by atoms with Crippen LogP contribution in [0.25, 0.3) is 0 Å². The molecule has 1 heterocycles. The zero-order valence-electron chi connectivity index (χ0n) is 8.96. The Kier molecular flexibility index (Phi) is 2.82. The monoisotopic (exact) mass is 190 g/mol. The van der Waals surface area contributed by atoms with E-state index in [9.17, 15) is 0 Å². The number of aromatic nitrogens is 1. The topological polar surface area (TPSA) is 24.9 Å². The zero-order valence-corrected chi connectivity index (χ0v) is 8.96. The van der Waals surface area contributed by atoms with Crippen LogP contribution in [-0.2, 0) is 0 Å². The number of aryl methyl sites for hydroxylation is 1. The SMILES string of the molecule is CCNC(c1cccc(C)n1)C1CC1. The molecule has 1 aliphatic carbocycles. The molecule has 1 fully saturated rings. The molecule has 1 atom stereocenters. The first-order valence-electron chi connectivity index (χ1n) is 5.48. The Hall–Kier alpha value is -0.890. The summed E-state index contributed by atoms with van der Waals surface area (Å²) in [4.78, 5) is 4.59. The zero-order chi connectivity index (χ0) is 9.97. The molecular weight excluding hydrogens is 172 g/mol. The van der Waals surface area contributed by atoms with Crippen molar-refractivity contribution < 1.29 is 0 Å². The van der Waals surface area contributed by atoms with Crippen molar-refractivity contribution >= 4 is 0 Å². The second-order valence-electron chi connectivity index (χ2n) is 4.08. The van der Waals surface area contributed by atoms with Crippen molar-refractivity contribution in [2.75, 3.05) is 6.54 Å². The average molecular weight is 190 g/mol. The van der Waals surface area contributed by atoms with Gasteiger partial charge in [-0.25, -0.2) is 0 Å². The molecule has 0 spiro atoms. The Morgan fingerprint density at radius 1 is 1.50 bits per heavy atom. The molecule has 1 aliphatic rings. The minimum atomic E-state index is 0.486.